The van der Waals surface area contributed by atoms with Crippen LogP contribution in [-0.2, 0) is 13.0 Å². The molecule has 18 heavy (non-hydrogen) atoms. The van der Waals surface area contributed by atoms with Gasteiger partial charge in [-0.25, -0.2) is 0 Å². The second-order valence-electron chi connectivity index (χ2n) is 4.41. The number of carbonyl (C=O) groups is 1. The summed E-state index contributed by atoms with van der Waals surface area (Å²) in [6.45, 7) is 0.683. The first-order chi connectivity index (χ1) is 8.69. The quantitative estimate of drug-likeness (QED) is 0.850. The highest BCUT2D eigenvalue weighted by Gasteiger charge is 2.22. The number of methoxy groups -OCH3 is 1. The predicted octanol–water partition coefficient (Wildman–Crippen LogP) is 0.943. The van der Waals surface area contributed by atoms with Crippen molar-refractivity contribution in [3.05, 3.63) is 27.7 Å². The number of nitrogens with one attached hydrogen (secondary N) is 1. The summed E-state index contributed by atoms with van der Waals surface area (Å²) in [6, 6.07) is 1.40. The van der Waals surface area contributed by atoms with E-state index in [1.165, 1.54) is 13.2 Å². The van der Waals surface area contributed by atoms with E-state index in [0.717, 1.165) is 31.4 Å². The van der Waals surface area contributed by atoms with Crippen molar-refractivity contribution in [2.45, 2.75) is 32.2 Å². The molecule has 98 valence electrons. The minimum absolute atomic E-state index is 0.0867. The van der Waals surface area contributed by atoms with Crippen LogP contribution in [0.4, 0.5) is 0 Å². The minimum Gasteiger partial charge on any atom is -0.496 e. The lowest BCUT2D eigenvalue weighted by molar-refractivity contribution is 0.0958. The maximum absolute atomic E-state index is 12.0. The molecule has 1 aliphatic rings. The molecule has 0 atom stereocenters. The van der Waals surface area contributed by atoms with Gasteiger partial charge < -0.3 is 14.6 Å². The molecule has 2 rings (SSSR count). The number of nitrogens with zero attached hydrogens (tertiary/aromatic N) is 1. The van der Waals surface area contributed by atoms with E-state index >= 15 is 0 Å². The normalized spacial score (nSPS) is 14.6. The van der Waals surface area contributed by atoms with Gasteiger partial charge in [-0.05, 0) is 19.3 Å². The minimum atomic E-state index is -0.197. The molecule has 0 saturated heterocycles. The molecule has 0 aliphatic carbocycles. The monoisotopic (exact) mass is 250 g/mol. The van der Waals surface area contributed by atoms with Gasteiger partial charge in [-0.15, -0.1) is 0 Å². The van der Waals surface area contributed by atoms with Gasteiger partial charge in [0.25, 0.3) is 11.5 Å². The van der Waals surface area contributed by atoms with Crippen LogP contribution in [0.25, 0.3) is 0 Å². The number of aromatic nitrogens is 1. The van der Waals surface area contributed by atoms with Crippen molar-refractivity contribution in [2.75, 3.05) is 14.2 Å². The van der Waals surface area contributed by atoms with Crippen molar-refractivity contribution in [1.29, 1.82) is 0 Å². The van der Waals surface area contributed by atoms with Crippen LogP contribution in [-0.4, -0.2) is 24.6 Å². The number of ether oxygens (including phenoxy) is 1. The highest BCUT2D eigenvalue weighted by Crippen LogP contribution is 2.24. The summed E-state index contributed by atoms with van der Waals surface area (Å²) in [4.78, 5) is 24.0. The summed E-state index contributed by atoms with van der Waals surface area (Å²) in [5.41, 5.74) is 1.22. The number of rotatable bonds is 2. The molecule has 5 heteroatoms. The van der Waals surface area contributed by atoms with Crippen LogP contribution in [0.15, 0.2) is 10.9 Å². The van der Waals surface area contributed by atoms with Crippen LogP contribution < -0.4 is 15.6 Å². The summed E-state index contributed by atoms with van der Waals surface area (Å²) in [7, 11) is 3.07. The Morgan fingerprint density at radius 1 is 1.39 bits per heavy atom. The van der Waals surface area contributed by atoms with E-state index in [-0.39, 0.29) is 11.5 Å². The van der Waals surface area contributed by atoms with Gasteiger partial charge in [0.1, 0.15) is 11.3 Å². The van der Waals surface area contributed by atoms with Crippen molar-refractivity contribution >= 4 is 5.91 Å². The molecular formula is C13H18N2O3. The maximum atomic E-state index is 12.0. The molecule has 0 spiro atoms. The highest BCUT2D eigenvalue weighted by molar-refractivity contribution is 5.97. The summed E-state index contributed by atoms with van der Waals surface area (Å²) in [5, 5.41) is 2.61. The van der Waals surface area contributed by atoms with E-state index in [2.05, 4.69) is 5.32 Å². The van der Waals surface area contributed by atoms with Crippen LogP contribution in [0.5, 0.6) is 5.75 Å². The fourth-order valence-electron chi connectivity index (χ4n) is 2.45. The van der Waals surface area contributed by atoms with E-state index in [1.54, 1.807) is 11.6 Å². The van der Waals surface area contributed by atoms with Gasteiger partial charge in [0.15, 0.2) is 0 Å². The van der Waals surface area contributed by atoms with Gasteiger partial charge in [-0.2, -0.15) is 0 Å². The third-order valence-corrected chi connectivity index (χ3v) is 3.35. The molecular weight excluding hydrogens is 232 g/mol. The molecule has 1 aromatic rings. The Morgan fingerprint density at radius 3 is 2.83 bits per heavy atom. The van der Waals surface area contributed by atoms with Gasteiger partial charge in [0.2, 0.25) is 0 Å². The average Bonchev–Trinajstić information content (AvgIpc) is 2.63. The summed E-state index contributed by atoms with van der Waals surface area (Å²) < 4.78 is 6.89. The predicted molar refractivity (Wildman–Crippen MR) is 68.2 cm³/mol. The number of pyridine rings is 1. The van der Waals surface area contributed by atoms with Crippen LogP contribution >= 0.6 is 0 Å². The zero-order valence-electron chi connectivity index (χ0n) is 10.8. The first-order valence-corrected chi connectivity index (χ1v) is 6.21. The lowest BCUT2D eigenvalue weighted by Crippen LogP contribution is -2.29. The molecule has 0 bridgehead atoms. The first kappa shape index (κ1) is 12.7. The number of carbonyl (C=O) groups excluding carboxylic acids is 1. The van der Waals surface area contributed by atoms with Crippen LogP contribution in [0, 0.1) is 0 Å². The van der Waals surface area contributed by atoms with Gasteiger partial charge in [0.05, 0.1) is 7.11 Å². The zero-order valence-corrected chi connectivity index (χ0v) is 10.8. The standard InChI is InChI=1S/C13H18N2O3/c1-14-13(17)12-9-6-4-3-5-7-15(9)11(16)8-10(12)18-2/h8H,3-7H2,1-2H3,(H,14,17). The van der Waals surface area contributed by atoms with Crippen LogP contribution in [0.3, 0.4) is 0 Å². The van der Waals surface area contributed by atoms with Crippen molar-refractivity contribution < 1.29 is 9.53 Å². The summed E-state index contributed by atoms with van der Waals surface area (Å²) in [6.07, 6.45) is 3.80. The van der Waals surface area contributed by atoms with Gasteiger partial charge in [0, 0.05) is 25.4 Å². The lowest BCUT2D eigenvalue weighted by atomic mass is 10.1. The van der Waals surface area contributed by atoms with Crippen LogP contribution in [0.1, 0.15) is 35.3 Å². The largest absolute Gasteiger partial charge is 0.496 e. The molecule has 5 nitrogen and oxygen atoms in total. The first-order valence-electron chi connectivity index (χ1n) is 6.21. The maximum Gasteiger partial charge on any atom is 0.256 e. The average molecular weight is 250 g/mol. The summed E-state index contributed by atoms with van der Waals surface area (Å²) >= 11 is 0. The number of hydrogen-bond donors (Lipinski definition) is 1. The molecule has 1 aromatic heterocycles. The Kier molecular flexibility index (Phi) is 3.69. The lowest BCUT2D eigenvalue weighted by Gasteiger charge is -2.16. The molecule has 0 unspecified atom stereocenters. The third-order valence-electron chi connectivity index (χ3n) is 3.35. The number of fused-ring (bicyclic) bond motifs is 1. The van der Waals surface area contributed by atoms with Crippen molar-refractivity contribution in [3.63, 3.8) is 0 Å². The smallest absolute Gasteiger partial charge is 0.256 e. The summed E-state index contributed by atoms with van der Waals surface area (Å²) in [5.74, 6) is 0.171. The molecule has 0 saturated carbocycles. The fraction of sp³-hybridized carbons (Fsp3) is 0.538. The Balaban J connectivity index is 2.68. The highest BCUT2D eigenvalue weighted by atomic mass is 16.5. The van der Waals surface area contributed by atoms with Gasteiger partial charge >= 0.3 is 0 Å². The molecule has 1 N–H and O–H groups in total. The van der Waals surface area contributed by atoms with Gasteiger partial charge in [-0.1, -0.05) is 6.42 Å². The third kappa shape index (κ3) is 2.12. The molecule has 0 fully saturated rings. The fourth-order valence-corrected chi connectivity index (χ4v) is 2.45. The van der Waals surface area contributed by atoms with E-state index in [9.17, 15) is 9.59 Å². The topological polar surface area (TPSA) is 60.3 Å². The molecule has 0 aromatic carbocycles. The Morgan fingerprint density at radius 2 is 2.17 bits per heavy atom. The zero-order chi connectivity index (χ0) is 13.1. The molecule has 0 radical (unpaired) electrons. The van der Waals surface area contributed by atoms with E-state index in [0.29, 0.717) is 17.9 Å². The number of hydrogen-bond acceptors (Lipinski definition) is 3. The second-order valence-corrected chi connectivity index (χ2v) is 4.41. The van der Waals surface area contributed by atoms with Crippen molar-refractivity contribution in [1.82, 2.24) is 9.88 Å². The molecule has 1 amide bonds. The van der Waals surface area contributed by atoms with Gasteiger partial charge in [-0.3, -0.25) is 9.59 Å². The second kappa shape index (κ2) is 5.25. The molecule has 2 heterocycles. The van der Waals surface area contributed by atoms with Crippen molar-refractivity contribution in [3.8, 4) is 5.75 Å². The van der Waals surface area contributed by atoms with E-state index in [1.807, 2.05) is 0 Å². The van der Waals surface area contributed by atoms with E-state index in [4.69, 9.17) is 4.74 Å². The van der Waals surface area contributed by atoms with Crippen LogP contribution in [0.2, 0.25) is 0 Å². The SMILES string of the molecule is CNC(=O)c1c(OC)cc(=O)n2c1CCCCC2. The number of amides is 1. The Bertz CT molecular complexity index is 520. The Labute approximate surface area is 106 Å². The Hall–Kier alpha value is -1.78. The van der Waals surface area contributed by atoms with E-state index < -0.39 is 0 Å². The molecule has 1 aliphatic heterocycles. The van der Waals surface area contributed by atoms with Crippen molar-refractivity contribution in [2.24, 2.45) is 0 Å².